The van der Waals surface area contributed by atoms with Gasteiger partial charge in [-0.25, -0.2) is 8.42 Å². The van der Waals surface area contributed by atoms with Crippen LogP contribution in [0.3, 0.4) is 0 Å². The lowest BCUT2D eigenvalue weighted by atomic mass is 10.1. The molecule has 0 radical (unpaired) electrons. The van der Waals surface area contributed by atoms with Crippen molar-refractivity contribution < 1.29 is 8.42 Å². The Morgan fingerprint density at radius 2 is 1.93 bits per heavy atom. The summed E-state index contributed by atoms with van der Waals surface area (Å²) in [4.78, 5) is 2.78. The van der Waals surface area contributed by atoms with Crippen LogP contribution in [-0.4, -0.2) is 64.6 Å². The number of halogens is 1. The van der Waals surface area contributed by atoms with Crippen molar-refractivity contribution in [2.24, 2.45) is 0 Å². The van der Waals surface area contributed by atoms with Gasteiger partial charge in [0, 0.05) is 49.6 Å². The second-order valence-electron chi connectivity index (χ2n) is 8.26. The topological polar surface area (TPSA) is 71.3 Å². The molecule has 0 saturated carbocycles. The zero-order valence-electron chi connectivity index (χ0n) is 17.2. The zero-order chi connectivity index (χ0) is 20.8. The molecule has 2 aromatic rings. The molecule has 0 bridgehead atoms. The van der Waals surface area contributed by atoms with Crippen LogP contribution in [0.2, 0.25) is 5.02 Å². The van der Waals surface area contributed by atoms with E-state index >= 15 is 0 Å². The Morgan fingerprint density at radius 3 is 2.62 bits per heavy atom. The van der Waals surface area contributed by atoms with Crippen molar-refractivity contribution in [3.05, 3.63) is 40.4 Å². The molecule has 1 aromatic carbocycles. The van der Waals surface area contributed by atoms with E-state index in [0.29, 0.717) is 53.5 Å². The maximum atomic E-state index is 13.2. The van der Waals surface area contributed by atoms with Gasteiger partial charge < -0.3 is 9.47 Å². The van der Waals surface area contributed by atoms with Gasteiger partial charge in [0.25, 0.3) is 0 Å². The summed E-state index contributed by atoms with van der Waals surface area (Å²) in [6.45, 7) is 9.69. The molecule has 0 aliphatic carbocycles. The minimum atomic E-state index is -3.58. The van der Waals surface area contributed by atoms with E-state index in [2.05, 4.69) is 33.5 Å². The molecule has 1 aromatic heterocycles. The highest BCUT2D eigenvalue weighted by Gasteiger charge is 2.33. The highest BCUT2D eigenvalue weighted by molar-refractivity contribution is 7.89. The Balaban J connectivity index is 1.54. The van der Waals surface area contributed by atoms with Gasteiger partial charge in [0.2, 0.25) is 10.0 Å². The molecule has 1 unspecified atom stereocenters. The highest BCUT2D eigenvalue weighted by Crippen LogP contribution is 2.29. The molecular weight excluding hydrogens is 410 g/mol. The van der Waals surface area contributed by atoms with Crippen LogP contribution in [0.15, 0.2) is 23.1 Å². The molecule has 0 amide bonds. The van der Waals surface area contributed by atoms with Gasteiger partial charge in [-0.2, -0.15) is 4.31 Å². The van der Waals surface area contributed by atoms with E-state index in [1.54, 1.807) is 29.4 Å². The Bertz CT molecular complexity index is 1000. The highest BCUT2D eigenvalue weighted by atomic mass is 35.5. The number of hydrogen-bond donors (Lipinski definition) is 0. The normalized spacial score (nSPS) is 21.5. The lowest BCUT2D eigenvalue weighted by Crippen LogP contribution is -2.34. The van der Waals surface area contributed by atoms with Crippen LogP contribution in [0, 0.1) is 6.92 Å². The molecule has 1 atom stereocenters. The number of fused-ring (bicyclic) bond motifs is 1. The summed E-state index contributed by atoms with van der Waals surface area (Å²) < 4.78 is 30.2. The smallest absolute Gasteiger partial charge is 0.243 e. The van der Waals surface area contributed by atoms with Crippen LogP contribution < -0.4 is 0 Å². The molecule has 0 N–H and O–H groups in total. The van der Waals surface area contributed by atoms with Crippen molar-refractivity contribution in [1.29, 1.82) is 0 Å². The second-order valence-corrected chi connectivity index (χ2v) is 10.6. The van der Waals surface area contributed by atoms with Crippen molar-refractivity contribution in [3.63, 3.8) is 0 Å². The number of aryl methyl sites for hydroxylation is 1. The van der Waals surface area contributed by atoms with E-state index in [0.717, 1.165) is 31.2 Å². The maximum absolute atomic E-state index is 13.2. The average Bonchev–Trinajstić information content (AvgIpc) is 3.23. The number of likely N-dealkylation sites (tertiary alicyclic amines) is 1. The largest absolute Gasteiger partial charge is 0.313 e. The summed E-state index contributed by atoms with van der Waals surface area (Å²) >= 11 is 6.00. The molecule has 3 heterocycles. The Morgan fingerprint density at radius 1 is 1.14 bits per heavy atom. The second kappa shape index (κ2) is 7.98. The van der Waals surface area contributed by atoms with E-state index in [-0.39, 0.29) is 0 Å². The number of aromatic nitrogens is 3. The molecule has 9 heteroatoms. The van der Waals surface area contributed by atoms with Crippen molar-refractivity contribution in [2.75, 3.05) is 26.2 Å². The van der Waals surface area contributed by atoms with Gasteiger partial charge in [0.05, 0.1) is 4.90 Å². The van der Waals surface area contributed by atoms with Gasteiger partial charge in [-0.3, -0.25) is 0 Å². The van der Waals surface area contributed by atoms with Crippen LogP contribution in [0.5, 0.6) is 0 Å². The fraction of sp³-hybridized carbons (Fsp3) is 0.600. The monoisotopic (exact) mass is 437 g/mol. The van der Waals surface area contributed by atoms with Crippen molar-refractivity contribution in [1.82, 2.24) is 24.0 Å². The number of rotatable bonds is 4. The molecule has 2 aliphatic rings. The third-order valence-corrected chi connectivity index (χ3v) is 8.38. The number of hydrogen-bond acceptors (Lipinski definition) is 5. The predicted octanol–water partition coefficient (Wildman–Crippen LogP) is 2.68. The minimum Gasteiger partial charge on any atom is -0.313 e. The van der Waals surface area contributed by atoms with Crippen molar-refractivity contribution >= 4 is 21.6 Å². The van der Waals surface area contributed by atoms with Crippen LogP contribution in [0.4, 0.5) is 0 Å². The van der Waals surface area contributed by atoms with E-state index in [9.17, 15) is 8.42 Å². The van der Waals surface area contributed by atoms with Gasteiger partial charge >= 0.3 is 0 Å². The molecule has 1 fully saturated rings. The maximum Gasteiger partial charge on any atom is 0.243 e. The molecule has 0 spiro atoms. The molecular formula is C20H28ClN5O2S. The van der Waals surface area contributed by atoms with Crippen molar-refractivity contribution in [3.8, 4) is 0 Å². The third-order valence-electron chi connectivity index (χ3n) is 6.08. The summed E-state index contributed by atoms with van der Waals surface area (Å²) in [6.07, 6.45) is 1.64. The minimum absolute atomic E-state index is 0.322. The first-order valence-corrected chi connectivity index (χ1v) is 12.0. The quantitative estimate of drug-likeness (QED) is 0.735. The Kier molecular flexibility index (Phi) is 5.72. The first-order valence-electron chi connectivity index (χ1n) is 10.2. The molecule has 158 valence electrons. The SMILES string of the molecule is Cc1cc(Cl)ccc1S(=O)(=O)N1CCc2nnc(C3CCN(C(C)C)C3)n2CC1. The van der Waals surface area contributed by atoms with Gasteiger partial charge in [-0.15, -0.1) is 10.2 Å². The fourth-order valence-corrected chi connectivity index (χ4v) is 6.24. The average molecular weight is 438 g/mol. The summed E-state index contributed by atoms with van der Waals surface area (Å²) in [6, 6.07) is 5.45. The molecule has 2 aliphatic heterocycles. The van der Waals surface area contributed by atoms with Gasteiger partial charge in [0.1, 0.15) is 11.6 Å². The first kappa shape index (κ1) is 20.8. The van der Waals surface area contributed by atoms with Gasteiger partial charge in [-0.1, -0.05) is 11.6 Å². The van der Waals surface area contributed by atoms with E-state index in [1.807, 2.05) is 0 Å². The number of benzene rings is 1. The summed E-state index contributed by atoms with van der Waals surface area (Å²) in [7, 11) is -3.58. The Labute approximate surface area is 177 Å². The molecule has 7 nitrogen and oxygen atoms in total. The predicted molar refractivity (Wildman–Crippen MR) is 113 cm³/mol. The summed E-state index contributed by atoms with van der Waals surface area (Å²) in [5.41, 5.74) is 0.668. The van der Waals surface area contributed by atoms with Crippen molar-refractivity contribution in [2.45, 2.75) is 57.0 Å². The first-order chi connectivity index (χ1) is 13.8. The summed E-state index contributed by atoms with van der Waals surface area (Å²) in [5, 5.41) is 9.44. The lowest BCUT2D eigenvalue weighted by molar-refractivity contribution is 0.271. The van der Waals surface area contributed by atoms with Gasteiger partial charge in [-0.05, 0) is 57.5 Å². The fourth-order valence-electron chi connectivity index (χ4n) is 4.38. The van der Waals surface area contributed by atoms with Crippen LogP contribution in [0.25, 0.3) is 0 Å². The lowest BCUT2D eigenvalue weighted by Gasteiger charge is -2.21. The van der Waals surface area contributed by atoms with Crippen LogP contribution in [-0.2, 0) is 23.0 Å². The zero-order valence-corrected chi connectivity index (χ0v) is 18.7. The Hall–Kier alpha value is -1.48. The van der Waals surface area contributed by atoms with Crippen LogP contribution in [0.1, 0.15) is 43.4 Å². The molecule has 1 saturated heterocycles. The van der Waals surface area contributed by atoms with E-state index < -0.39 is 10.0 Å². The van der Waals surface area contributed by atoms with E-state index in [4.69, 9.17) is 11.6 Å². The third kappa shape index (κ3) is 3.95. The number of nitrogens with zero attached hydrogens (tertiary/aromatic N) is 5. The van der Waals surface area contributed by atoms with Crippen LogP contribution >= 0.6 is 11.6 Å². The molecule has 4 rings (SSSR count). The standard InChI is InChI=1S/C20H28ClN5O2S/c1-14(2)24-8-6-16(13-24)20-23-22-19-7-9-25(10-11-26(19)20)29(27,28)18-5-4-17(21)12-15(18)3/h4-5,12,14,16H,6-11,13H2,1-3H3. The van der Waals surface area contributed by atoms with Gasteiger partial charge in [0.15, 0.2) is 0 Å². The van der Waals surface area contributed by atoms with E-state index in [1.165, 1.54) is 0 Å². The number of sulfonamides is 1. The summed E-state index contributed by atoms with van der Waals surface area (Å²) in [5.74, 6) is 2.25. The molecule has 29 heavy (non-hydrogen) atoms.